The molecule has 0 radical (unpaired) electrons. The van der Waals surface area contributed by atoms with Gasteiger partial charge in [0.05, 0.1) is 13.2 Å². The van der Waals surface area contributed by atoms with Crippen LogP contribution in [0.5, 0.6) is 11.5 Å². The van der Waals surface area contributed by atoms with Gasteiger partial charge < -0.3 is 18.9 Å². The fourth-order valence-electron chi connectivity index (χ4n) is 8.71. The zero-order valence-electron chi connectivity index (χ0n) is 43.0. The van der Waals surface area contributed by atoms with Crippen molar-refractivity contribution in [1.29, 1.82) is 0 Å². The van der Waals surface area contributed by atoms with Crippen LogP contribution in [-0.4, -0.2) is 36.4 Å². The van der Waals surface area contributed by atoms with Crippen molar-refractivity contribution in [2.75, 3.05) is 13.2 Å². The first kappa shape index (κ1) is 56.5. The summed E-state index contributed by atoms with van der Waals surface area (Å²) in [6.45, 7) is 12.9. The summed E-state index contributed by atoms with van der Waals surface area (Å²) in [5, 5.41) is 4.60. The second-order valence-corrected chi connectivity index (χ2v) is 20.8. The molecular formula is C60H94O6. The Bertz CT molecular complexity index is 1610. The molecule has 3 aromatic rings. The minimum Gasteiger partial charge on any atom is -0.492 e. The van der Waals surface area contributed by atoms with E-state index >= 15 is 0 Å². The number of esters is 2. The quantitative estimate of drug-likeness (QED) is 0.0247. The van der Waals surface area contributed by atoms with E-state index in [1.165, 1.54) is 154 Å². The molecule has 370 valence electrons. The van der Waals surface area contributed by atoms with Gasteiger partial charge in [0.2, 0.25) is 0 Å². The van der Waals surface area contributed by atoms with E-state index in [-0.39, 0.29) is 11.9 Å². The fourth-order valence-corrected chi connectivity index (χ4v) is 8.71. The summed E-state index contributed by atoms with van der Waals surface area (Å²) >= 11 is 0. The van der Waals surface area contributed by atoms with Crippen molar-refractivity contribution >= 4 is 33.5 Å². The van der Waals surface area contributed by atoms with Crippen LogP contribution in [-0.2, 0) is 19.1 Å². The van der Waals surface area contributed by atoms with Gasteiger partial charge in [0.15, 0.2) is 0 Å². The van der Waals surface area contributed by atoms with Gasteiger partial charge in [-0.3, -0.25) is 0 Å². The van der Waals surface area contributed by atoms with Crippen molar-refractivity contribution in [2.24, 2.45) is 0 Å². The monoisotopic (exact) mass is 911 g/mol. The second kappa shape index (κ2) is 34.5. The third kappa shape index (κ3) is 27.1. The minimum atomic E-state index is -0.421. The van der Waals surface area contributed by atoms with E-state index in [9.17, 15) is 9.59 Å². The predicted molar refractivity (Wildman–Crippen MR) is 281 cm³/mol. The summed E-state index contributed by atoms with van der Waals surface area (Å²) in [6.07, 6.45) is 45.1. The Labute approximate surface area is 403 Å². The molecule has 0 unspecified atom stereocenters. The molecule has 3 rings (SSSR count). The number of rotatable bonds is 38. The van der Waals surface area contributed by atoms with Crippen LogP contribution in [0.15, 0.2) is 72.8 Å². The maximum atomic E-state index is 11.7. The van der Waals surface area contributed by atoms with E-state index in [1.54, 1.807) is 12.2 Å². The van der Waals surface area contributed by atoms with E-state index in [1.807, 2.05) is 53.7 Å². The average molecular weight is 911 g/mol. The second-order valence-electron chi connectivity index (χ2n) is 20.8. The van der Waals surface area contributed by atoms with Crippen LogP contribution in [0.3, 0.4) is 0 Å². The summed E-state index contributed by atoms with van der Waals surface area (Å²) in [5.74, 6) is 1.53. The van der Waals surface area contributed by atoms with Gasteiger partial charge in [-0.2, -0.15) is 0 Å². The highest BCUT2D eigenvalue weighted by molar-refractivity contribution is 6.11. The van der Waals surface area contributed by atoms with Gasteiger partial charge in [0, 0.05) is 33.7 Å². The highest BCUT2D eigenvalue weighted by atomic mass is 16.6. The van der Waals surface area contributed by atoms with Gasteiger partial charge in [0.25, 0.3) is 0 Å². The zero-order valence-corrected chi connectivity index (χ0v) is 43.0. The summed E-state index contributed by atoms with van der Waals surface area (Å²) in [7, 11) is 0. The lowest BCUT2D eigenvalue weighted by atomic mass is 10.0. The number of benzene rings is 3. The van der Waals surface area contributed by atoms with Crippen LogP contribution in [0.4, 0.5) is 0 Å². The molecule has 0 fully saturated rings. The number of hydrogen-bond acceptors (Lipinski definition) is 6. The molecule has 6 nitrogen and oxygen atoms in total. The molecule has 3 aromatic carbocycles. The molecule has 0 aliphatic heterocycles. The largest absolute Gasteiger partial charge is 0.492 e. The number of unbranched alkanes of at least 4 members (excludes halogenated alkanes) is 28. The molecule has 0 aliphatic carbocycles. The normalized spacial score (nSPS) is 12.2. The standard InChI is InChI=1S/C60H94O6/c1-59(2,3)65-55(61)47-35-31-27-23-19-15-11-7-9-13-17-21-25-29-33-41-49-63-57-51-43-37-39-45-53(51)58(54-46-40-38-44-52(54)57)64-50-42-34-30-26-22-18-14-10-8-12-16-20-24-28-32-36-48-56(62)66-60(4,5)6/h35-40,43-48H,7-34,41-42,49-50H2,1-6H3. The van der Waals surface area contributed by atoms with E-state index < -0.39 is 11.2 Å². The molecule has 6 heteroatoms. The molecule has 0 atom stereocenters. The Balaban J connectivity index is 1.18. The number of allylic oxidation sites excluding steroid dienone is 2. The van der Waals surface area contributed by atoms with Gasteiger partial charge in [-0.05, 0) is 80.1 Å². The molecule has 0 bridgehead atoms. The van der Waals surface area contributed by atoms with E-state index in [4.69, 9.17) is 18.9 Å². The number of carbonyl (C=O) groups excluding carboxylic acids is 2. The van der Waals surface area contributed by atoms with Crippen LogP contribution < -0.4 is 9.47 Å². The Hall–Kier alpha value is -3.80. The molecule has 0 saturated carbocycles. The highest BCUT2D eigenvalue weighted by Crippen LogP contribution is 2.43. The SMILES string of the molecule is CC(C)(C)OC(=O)C=CCCCCCCCCCCCCCCCCOc1c2ccccc2c(OCCCCCCCCCCCCCCCCC=CC(=O)OC(C)(C)C)c2ccccc12. The van der Waals surface area contributed by atoms with Crippen LogP contribution in [0.25, 0.3) is 21.5 Å². The molecule has 0 amide bonds. The van der Waals surface area contributed by atoms with Crippen LogP contribution in [0.2, 0.25) is 0 Å². The Morgan fingerprint density at radius 3 is 0.833 bits per heavy atom. The summed E-state index contributed by atoms with van der Waals surface area (Å²) in [4.78, 5) is 23.5. The lowest BCUT2D eigenvalue weighted by Crippen LogP contribution is -2.22. The van der Waals surface area contributed by atoms with Crippen LogP contribution in [0, 0.1) is 0 Å². The molecule has 0 aliphatic rings. The van der Waals surface area contributed by atoms with Crippen LogP contribution in [0.1, 0.15) is 234 Å². The Morgan fingerprint density at radius 1 is 0.364 bits per heavy atom. The number of fused-ring (bicyclic) bond motifs is 2. The molecule has 66 heavy (non-hydrogen) atoms. The van der Waals surface area contributed by atoms with E-state index in [2.05, 4.69) is 48.5 Å². The summed E-state index contributed by atoms with van der Waals surface area (Å²) in [6, 6.07) is 17.2. The first-order valence-corrected chi connectivity index (χ1v) is 26.9. The summed E-state index contributed by atoms with van der Waals surface area (Å²) < 4.78 is 23.8. The van der Waals surface area contributed by atoms with E-state index in [0.29, 0.717) is 0 Å². The van der Waals surface area contributed by atoms with Crippen molar-refractivity contribution in [3.05, 3.63) is 72.8 Å². The maximum absolute atomic E-state index is 11.7. The van der Waals surface area contributed by atoms with Crippen molar-refractivity contribution < 1.29 is 28.5 Å². The van der Waals surface area contributed by atoms with Crippen molar-refractivity contribution in [3.8, 4) is 11.5 Å². The smallest absolute Gasteiger partial charge is 0.330 e. The molecule has 0 saturated heterocycles. The predicted octanol–water partition coefficient (Wildman–Crippen LogP) is 18.2. The van der Waals surface area contributed by atoms with Crippen LogP contribution >= 0.6 is 0 Å². The third-order valence-electron chi connectivity index (χ3n) is 12.2. The number of hydrogen-bond donors (Lipinski definition) is 0. The van der Waals surface area contributed by atoms with Gasteiger partial charge in [-0.1, -0.05) is 215 Å². The maximum Gasteiger partial charge on any atom is 0.330 e. The van der Waals surface area contributed by atoms with Gasteiger partial charge >= 0.3 is 11.9 Å². The Morgan fingerprint density at radius 2 is 0.591 bits per heavy atom. The lowest BCUT2D eigenvalue weighted by molar-refractivity contribution is -0.149. The summed E-state index contributed by atoms with van der Waals surface area (Å²) in [5.41, 5.74) is -0.842. The zero-order chi connectivity index (χ0) is 47.6. The third-order valence-corrected chi connectivity index (χ3v) is 12.2. The average Bonchev–Trinajstić information content (AvgIpc) is 3.27. The molecule has 0 heterocycles. The highest BCUT2D eigenvalue weighted by Gasteiger charge is 2.17. The first-order chi connectivity index (χ1) is 31.9. The molecule has 0 spiro atoms. The minimum absolute atomic E-state index is 0.237. The topological polar surface area (TPSA) is 71.1 Å². The van der Waals surface area contributed by atoms with Crippen molar-refractivity contribution in [2.45, 2.75) is 245 Å². The van der Waals surface area contributed by atoms with Gasteiger partial charge in [-0.15, -0.1) is 0 Å². The van der Waals surface area contributed by atoms with Gasteiger partial charge in [0.1, 0.15) is 22.7 Å². The molecule has 0 aromatic heterocycles. The molecular weight excluding hydrogens is 817 g/mol. The van der Waals surface area contributed by atoms with Crippen molar-refractivity contribution in [3.63, 3.8) is 0 Å². The fraction of sp³-hybridized carbons (Fsp3) is 0.667. The lowest BCUT2D eigenvalue weighted by Gasteiger charge is -2.18. The Kier molecular flexibility index (Phi) is 29.5. The molecule has 0 N–H and O–H groups in total. The number of ether oxygens (including phenoxy) is 4. The van der Waals surface area contributed by atoms with Crippen molar-refractivity contribution in [1.82, 2.24) is 0 Å². The van der Waals surface area contributed by atoms with Gasteiger partial charge in [-0.25, -0.2) is 9.59 Å². The van der Waals surface area contributed by atoms with E-state index in [0.717, 1.165) is 84.8 Å². The first-order valence-electron chi connectivity index (χ1n) is 26.9. The number of carbonyl (C=O) groups is 2.